The van der Waals surface area contributed by atoms with Crippen LogP contribution in [0.3, 0.4) is 0 Å². The summed E-state index contributed by atoms with van der Waals surface area (Å²) in [5.74, 6) is 0.590. The standard InChI is InChI=1S/C22H23F2N3O2/c23-18-8-3-15(4-9-18)5-12-20(28)27-13-1-2-17(14-27)22-25-21(26-29-22)16-6-10-19(24)11-7-16/h3-4,6,8-11,16-17H,1-2,5,7,12-14H2/t16?,17-/m0/s1. The Kier molecular flexibility index (Phi) is 5.83. The zero-order valence-electron chi connectivity index (χ0n) is 16.1. The largest absolute Gasteiger partial charge is 0.342 e. The van der Waals surface area contributed by atoms with Gasteiger partial charge in [0.1, 0.15) is 11.6 Å². The van der Waals surface area contributed by atoms with Crippen LogP contribution in [0, 0.1) is 5.82 Å². The maximum absolute atomic E-state index is 13.1. The van der Waals surface area contributed by atoms with Gasteiger partial charge in [-0.2, -0.15) is 4.98 Å². The van der Waals surface area contributed by atoms with Gasteiger partial charge in [0.2, 0.25) is 11.8 Å². The summed E-state index contributed by atoms with van der Waals surface area (Å²) in [6.07, 6.45) is 7.94. The number of hydrogen-bond acceptors (Lipinski definition) is 4. The number of rotatable bonds is 5. The molecule has 1 saturated heterocycles. The number of piperidine rings is 1. The van der Waals surface area contributed by atoms with E-state index in [1.165, 1.54) is 24.3 Å². The molecule has 0 spiro atoms. The molecule has 2 heterocycles. The van der Waals surface area contributed by atoms with Crippen molar-refractivity contribution >= 4 is 5.91 Å². The van der Waals surface area contributed by atoms with Gasteiger partial charge in [-0.25, -0.2) is 8.78 Å². The first kappa shape index (κ1) is 19.5. The van der Waals surface area contributed by atoms with Gasteiger partial charge in [0.05, 0.1) is 5.92 Å². The summed E-state index contributed by atoms with van der Waals surface area (Å²) >= 11 is 0. The van der Waals surface area contributed by atoms with Crippen LogP contribution in [-0.4, -0.2) is 34.0 Å². The molecule has 0 N–H and O–H groups in total. The van der Waals surface area contributed by atoms with Crippen molar-refractivity contribution in [2.24, 2.45) is 0 Å². The molecule has 2 aromatic rings. The highest BCUT2D eigenvalue weighted by atomic mass is 19.1. The monoisotopic (exact) mass is 399 g/mol. The zero-order chi connectivity index (χ0) is 20.2. The van der Waals surface area contributed by atoms with Gasteiger partial charge >= 0.3 is 0 Å². The highest BCUT2D eigenvalue weighted by Crippen LogP contribution is 2.30. The molecule has 0 saturated carbocycles. The lowest BCUT2D eigenvalue weighted by molar-refractivity contribution is -0.132. The molecule has 4 rings (SSSR count). The van der Waals surface area contributed by atoms with E-state index in [2.05, 4.69) is 10.1 Å². The Morgan fingerprint density at radius 3 is 2.83 bits per heavy atom. The van der Waals surface area contributed by atoms with Crippen molar-refractivity contribution in [3.05, 3.63) is 71.4 Å². The van der Waals surface area contributed by atoms with Gasteiger partial charge in [0, 0.05) is 25.4 Å². The minimum atomic E-state index is -0.275. The van der Waals surface area contributed by atoms with Crippen LogP contribution in [0.2, 0.25) is 0 Å². The third-order valence-electron chi connectivity index (χ3n) is 5.51. The second-order valence-corrected chi connectivity index (χ2v) is 7.59. The first-order valence-corrected chi connectivity index (χ1v) is 9.98. The highest BCUT2D eigenvalue weighted by molar-refractivity contribution is 5.76. The fourth-order valence-electron chi connectivity index (χ4n) is 3.82. The SMILES string of the molecule is O=C(CCc1ccc(F)cc1)N1CCC[C@H](c2nc(C3C=CC(F)=CC3)no2)C1. The number of carbonyl (C=O) groups excluding carboxylic acids is 1. The van der Waals surface area contributed by atoms with Crippen molar-refractivity contribution in [3.8, 4) is 0 Å². The normalized spacial score (nSPS) is 21.9. The lowest BCUT2D eigenvalue weighted by atomic mass is 9.96. The molecule has 152 valence electrons. The summed E-state index contributed by atoms with van der Waals surface area (Å²) < 4.78 is 31.6. The van der Waals surface area contributed by atoms with E-state index in [0.717, 1.165) is 24.9 Å². The summed E-state index contributed by atoms with van der Waals surface area (Å²) in [4.78, 5) is 19.0. The van der Waals surface area contributed by atoms with E-state index in [0.29, 0.717) is 37.5 Å². The maximum Gasteiger partial charge on any atom is 0.231 e. The van der Waals surface area contributed by atoms with E-state index in [9.17, 15) is 13.6 Å². The van der Waals surface area contributed by atoms with Crippen LogP contribution in [0.1, 0.15) is 54.8 Å². The van der Waals surface area contributed by atoms with E-state index < -0.39 is 0 Å². The van der Waals surface area contributed by atoms with Crippen LogP contribution >= 0.6 is 0 Å². The Morgan fingerprint density at radius 2 is 2.07 bits per heavy atom. The molecular weight excluding hydrogens is 376 g/mol. The Bertz CT molecular complexity index is 920. The number of likely N-dealkylation sites (tertiary alicyclic amines) is 1. The van der Waals surface area contributed by atoms with E-state index in [4.69, 9.17) is 4.52 Å². The van der Waals surface area contributed by atoms with Crippen LogP contribution in [-0.2, 0) is 11.2 Å². The number of benzene rings is 1. The molecule has 29 heavy (non-hydrogen) atoms. The van der Waals surface area contributed by atoms with Crippen molar-refractivity contribution in [3.63, 3.8) is 0 Å². The van der Waals surface area contributed by atoms with Crippen molar-refractivity contribution in [2.45, 2.75) is 43.9 Å². The molecular formula is C22H23F2N3O2. The van der Waals surface area contributed by atoms with Crippen LogP contribution < -0.4 is 0 Å². The van der Waals surface area contributed by atoms with Gasteiger partial charge in [-0.15, -0.1) is 0 Å². The molecule has 1 unspecified atom stereocenters. The average molecular weight is 399 g/mol. The first-order chi connectivity index (χ1) is 14.1. The van der Waals surface area contributed by atoms with Gasteiger partial charge in [-0.05, 0) is 55.5 Å². The summed E-state index contributed by atoms with van der Waals surface area (Å²) in [5, 5.41) is 4.07. The van der Waals surface area contributed by atoms with E-state index in [1.54, 1.807) is 18.2 Å². The van der Waals surface area contributed by atoms with Crippen molar-refractivity contribution in [1.29, 1.82) is 0 Å². The van der Waals surface area contributed by atoms with Crippen LogP contribution in [0.15, 0.2) is 52.8 Å². The van der Waals surface area contributed by atoms with Gasteiger partial charge < -0.3 is 9.42 Å². The van der Waals surface area contributed by atoms with Gasteiger partial charge in [-0.1, -0.05) is 23.4 Å². The molecule has 5 nitrogen and oxygen atoms in total. The predicted octanol–water partition coefficient (Wildman–Crippen LogP) is 4.44. The number of amides is 1. The highest BCUT2D eigenvalue weighted by Gasteiger charge is 2.29. The smallest absolute Gasteiger partial charge is 0.231 e. The Balaban J connectivity index is 1.34. The molecule has 1 aromatic carbocycles. The number of aromatic nitrogens is 2. The molecule has 2 atom stereocenters. The van der Waals surface area contributed by atoms with Gasteiger partial charge in [-0.3, -0.25) is 4.79 Å². The van der Waals surface area contributed by atoms with Crippen molar-refractivity contribution in [2.75, 3.05) is 13.1 Å². The Morgan fingerprint density at radius 1 is 1.24 bits per heavy atom. The summed E-state index contributed by atoms with van der Waals surface area (Å²) in [6.45, 7) is 1.27. The van der Waals surface area contributed by atoms with Crippen LogP contribution in [0.25, 0.3) is 0 Å². The van der Waals surface area contributed by atoms with Gasteiger partial charge in [0.25, 0.3) is 0 Å². The molecule has 1 amide bonds. The Hall–Kier alpha value is -2.83. The first-order valence-electron chi connectivity index (χ1n) is 9.98. The van der Waals surface area contributed by atoms with Crippen molar-refractivity contribution in [1.82, 2.24) is 15.0 Å². The lowest BCUT2D eigenvalue weighted by Gasteiger charge is -2.31. The van der Waals surface area contributed by atoms with E-state index in [-0.39, 0.29) is 29.4 Å². The molecule has 0 bridgehead atoms. The topological polar surface area (TPSA) is 59.2 Å². The molecule has 1 aromatic heterocycles. The molecule has 1 fully saturated rings. The van der Waals surface area contributed by atoms with Crippen molar-refractivity contribution < 1.29 is 18.1 Å². The third kappa shape index (κ3) is 4.78. The molecule has 2 aliphatic rings. The summed E-state index contributed by atoms with van der Waals surface area (Å²) in [5.41, 5.74) is 0.945. The minimum absolute atomic E-state index is 0.0135. The maximum atomic E-state index is 13.1. The number of hydrogen-bond donors (Lipinski definition) is 0. The van der Waals surface area contributed by atoms with E-state index >= 15 is 0 Å². The number of nitrogens with zero attached hydrogens (tertiary/aromatic N) is 3. The quantitative estimate of drug-likeness (QED) is 0.746. The number of carbonyl (C=O) groups is 1. The van der Waals surface area contributed by atoms with Crippen LogP contribution in [0.4, 0.5) is 8.78 Å². The zero-order valence-corrected chi connectivity index (χ0v) is 16.1. The van der Waals surface area contributed by atoms with Crippen LogP contribution in [0.5, 0.6) is 0 Å². The van der Waals surface area contributed by atoms with E-state index in [1.807, 2.05) is 4.90 Å². The number of aryl methyl sites for hydroxylation is 1. The summed E-state index contributed by atoms with van der Waals surface area (Å²) in [6, 6.07) is 6.25. The Labute approximate surface area is 168 Å². The third-order valence-corrected chi connectivity index (χ3v) is 5.51. The molecule has 7 heteroatoms. The predicted molar refractivity (Wildman–Crippen MR) is 103 cm³/mol. The summed E-state index contributed by atoms with van der Waals surface area (Å²) in [7, 11) is 0. The molecule has 0 radical (unpaired) electrons. The second-order valence-electron chi connectivity index (χ2n) is 7.59. The second kappa shape index (κ2) is 8.68. The number of allylic oxidation sites excluding steroid dienone is 4. The molecule has 1 aliphatic carbocycles. The average Bonchev–Trinajstić information content (AvgIpc) is 3.24. The molecule has 1 aliphatic heterocycles. The lowest BCUT2D eigenvalue weighted by Crippen LogP contribution is -2.39. The fraction of sp³-hybridized carbons (Fsp3) is 0.409. The van der Waals surface area contributed by atoms with Gasteiger partial charge in [0.15, 0.2) is 5.82 Å². The number of halogens is 2. The minimum Gasteiger partial charge on any atom is -0.342 e. The fourth-order valence-corrected chi connectivity index (χ4v) is 3.82.